The molecule has 0 unspecified atom stereocenters. The molecule has 0 heterocycles. The van der Waals surface area contributed by atoms with Gasteiger partial charge in [-0.1, -0.05) is 37.3 Å². The van der Waals surface area contributed by atoms with Crippen LogP contribution in [-0.2, 0) is 26.2 Å². The molecule has 0 aromatic heterocycles. The van der Waals surface area contributed by atoms with Gasteiger partial charge in [-0.05, 0) is 57.0 Å². The zero-order chi connectivity index (χ0) is 33.4. The number of hydrogen-bond acceptors (Lipinski definition) is 8. The predicted octanol–water partition coefficient (Wildman–Crippen LogP) is 4.64. The lowest BCUT2D eigenvalue weighted by Gasteiger charge is -2.35. The number of anilines is 1. The molecule has 3 rings (SSSR count). The Kier molecular flexibility index (Phi) is 11.7. The van der Waals surface area contributed by atoms with Gasteiger partial charge in [0.25, 0.3) is 10.0 Å². The third kappa shape index (κ3) is 8.59. The van der Waals surface area contributed by atoms with Gasteiger partial charge in [0, 0.05) is 24.2 Å². The number of nitrogens with zero attached hydrogens (tertiary/aromatic N) is 2. The molecule has 0 spiro atoms. The number of rotatable bonds is 14. The Bertz CT molecular complexity index is 1570. The maximum absolute atomic E-state index is 14.4. The summed E-state index contributed by atoms with van der Waals surface area (Å²) >= 11 is 0. The highest BCUT2D eigenvalue weighted by Gasteiger charge is 2.36. The number of carbonyl (C=O) groups excluding carboxylic acids is 2. The van der Waals surface area contributed by atoms with E-state index in [1.807, 2.05) is 51.1 Å². The number of ether oxygens (including phenoxy) is 4. The number of methoxy groups -OCH3 is 4. The molecular formula is C33H43N3O8S. The summed E-state index contributed by atoms with van der Waals surface area (Å²) < 4.78 is 51.4. The third-order valence-electron chi connectivity index (χ3n) is 6.96. The maximum atomic E-state index is 14.4. The molecule has 0 radical (unpaired) electrons. The van der Waals surface area contributed by atoms with Crippen molar-refractivity contribution in [2.45, 2.75) is 57.1 Å². The van der Waals surface area contributed by atoms with E-state index in [1.54, 1.807) is 19.1 Å². The number of amides is 2. The van der Waals surface area contributed by atoms with Crippen molar-refractivity contribution < 1.29 is 37.0 Å². The van der Waals surface area contributed by atoms with Crippen molar-refractivity contribution in [2.24, 2.45) is 0 Å². The second-order valence-electron chi connectivity index (χ2n) is 11.2. The predicted molar refractivity (Wildman–Crippen MR) is 173 cm³/mol. The van der Waals surface area contributed by atoms with Crippen LogP contribution in [0.2, 0.25) is 0 Å². The van der Waals surface area contributed by atoms with Crippen molar-refractivity contribution >= 4 is 27.5 Å². The summed E-state index contributed by atoms with van der Waals surface area (Å²) in [5.74, 6) is 0.134. The van der Waals surface area contributed by atoms with Crippen LogP contribution in [0.25, 0.3) is 0 Å². The van der Waals surface area contributed by atoms with E-state index in [0.717, 1.165) is 9.87 Å². The van der Waals surface area contributed by atoms with Crippen molar-refractivity contribution in [3.05, 3.63) is 72.3 Å². The Morgan fingerprint density at radius 2 is 1.44 bits per heavy atom. The van der Waals surface area contributed by atoms with Gasteiger partial charge < -0.3 is 29.2 Å². The van der Waals surface area contributed by atoms with E-state index in [1.165, 1.54) is 57.6 Å². The summed E-state index contributed by atoms with van der Waals surface area (Å²) in [5.41, 5.74) is 0.302. The first kappa shape index (κ1) is 35.0. The van der Waals surface area contributed by atoms with Crippen LogP contribution < -0.4 is 28.6 Å². The van der Waals surface area contributed by atoms with Crippen molar-refractivity contribution in [1.29, 1.82) is 0 Å². The minimum atomic E-state index is -4.44. The van der Waals surface area contributed by atoms with Crippen LogP contribution in [0.1, 0.15) is 39.7 Å². The average Bonchev–Trinajstić information content (AvgIpc) is 3.02. The van der Waals surface area contributed by atoms with E-state index in [2.05, 4.69) is 5.32 Å². The Labute approximate surface area is 266 Å². The van der Waals surface area contributed by atoms with Gasteiger partial charge in [-0.15, -0.1) is 0 Å². The lowest BCUT2D eigenvalue weighted by Crippen LogP contribution is -2.55. The van der Waals surface area contributed by atoms with Crippen LogP contribution in [-0.4, -0.2) is 71.7 Å². The zero-order valence-corrected chi connectivity index (χ0v) is 27.9. The first-order valence-corrected chi connectivity index (χ1v) is 15.9. The standard InChI is InChI=1S/C33H43N3O8S/c1-9-26(32(38)34-33(2,3)4)35(21-23-13-11-10-12-14-23)31(37)22-36(27-19-24(41-5)15-17-28(27)42-6)45(39,40)25-16-18-29(43-7)30(20-25)44-8/h10-20,26H,9,21-22H2,1-8H3,(H,34,38)/t26-/m0/s1. The van der Waals surface area contributed by atoms with Crippen LogP contribution in [0, 0.1) is 0 Å². The molecule has 0 aliphatic rings. The fourth-order valence-corrected chi connectivity index (χ4v) is 6.19. The average molecular weight is 642 g/mol. The Morgan fingerprint density at radius 3 is 2.00 bits per heavy atom. The number of carbonyl (C=O) groups is 2. The molecule has 0 bridgehead atoms. The maximum Gasteiger partial charge on any atom is 0.265 e. The van der Waals surface area contributed by atoms with Gasteiger partial charge in [0.1, 0.15) is 24.1 Å². The fourth-order valence-electron chi connectivity index (χ4n) is 4.76. The van der Waals surface area contributed by atoms with Gasteiger partial charge in [0.2, 0.25) is 11.8 Å². The molecule has 45 heavy (non-hydrogen) atoms. The highest BCUT2D eigenvalue weighted by atomic mass is 32.2. The summed E-state index contributed by atoms with van der Waals surface area (Å²) in [7, 11) is 1.26. The van der Waals surface area contributed by atoms with Crippen molar-refractivity contribution in [1.82, 2.24) is 10.2 Å². The Hall–Kier alpha value is -4.45. The molecule has 0 aliphatic heterocycles. The van der Waals surface area contributed by atoms with Crippen molar-refractivity contribution in [2.75, 3.05) is 39.3 Å². The minimum Gasteiger partial charge on any atom is -0.497 e. The summed E-state index contributed by atoms with van der Waals surface area (Å²) in [6.45, 7) is 6.80. The topological polar surface area (TPSA) is 124 Å². The molecule has 0 saturated carbocycles. The van der Waals surface area contributed by atoms with Gasteiger partial charge in [0.05, 0.1) is 39.0 Å². The Morgan fingerprint density at radius 1 is 0.822 bits per heavy atom. The summed E-state index contributed by atoms with van der Waals surface area (Å²) in [6.07, 6.45) is 0.297. The van der Waals surface area contributed by atoms with Gasteiger partial charge in [-0.3, -0.25) is 13.9 Å². The molecule has 0 aliphatic carbocycles. The van der Waals surface area contributed by atoms with E-state index in [-0.39, 0.29) is 34.5 Å². The van der Waals surface area contributed by atoms with Crippen molar-refractivity contribution in [3.8, 4) is 23.0 Å². The molecule has 1 N–H and O–H groups in total. The molecule has 0 fully saturated rings. The summed E-state index contributed by atoms with van der Waals surface area (Å²) in [4.78, 5) is 29.2. The second-order valence-corrected chi connectivity index (χ2v) is 13.1. The Balaban J connectivity index is 2.20. The van der Waals surface area contributed by atoms with Crippen LogP contribution in [0.5, 0.6) is 23.0 Å². The van der Waals surface area contributed by atoms with Gasteiger partial charge in [0.15, 0.2) is 11.5 Å². The van der Waals surface area contributed by atoms with E-state index in [4.69, 9.17) is 18.9 Å². The molecule has 11 nitrogen and oxygen atoms in total. The highest BCUT2D eigenvalue weighted by molar-refractivity contribution is 7.92. The molecular weight excluding hydrogens is 598 g/mol. The lowest BCUT2D eigenvalue weighted by molar-refractivity contribution is -0.141. The number of sulfonamides is 1. The van der Waals surface area contributed by atoms with E-state index < -0.39 is 34.1 Å². The van der Waals surface area contributed by atoms with E-state index >= 15 is 0 Å². The van der Waals surface area contributed by atoms with Crippen LogP contribution in [0.3, 0.4) is 0 Å². The normalized spacial score (nSPS) is 12.1. The fraction of sp³-hybridized carbons (Fsp3) is 0.394. The monoisotopic (exact) mass is 641 g/mol. The zero-order valence-electron chi connectivity index (χ0n) is 27.1. The van der Waals surface area contributed by atoms with Crippen LogP contribution in [0.15, 0.2) is 71.6 Å². The van der Waals surface area contributed by atoms with E-state index in [9.17, 15) is 18.0 Å². The SMILES string of the molecule is CC[C@@H](C(=O)NC(C)(C)C)N(Cc1ccccc1)C(=O)CN(c1cc(OC)ccc1OC)S(=O)(=O)c1ccc(OC)c(OC)c1. The number of nitrogens with one attached hydrogen (secondary N) is 1. The van der Waals surface area contributed by atoms with Gasteiger partial charge in [-0.2, -0.15) is 0 Å². The van der Waals surface area contributed by atoms with Gasteiger partial charge in [-0.25, -0.2) is 8.42 Å². The first-order valence-electron chi connectivity index (χ1n) is 14.4. The molecule has 2 amide bonds. The molecule has 3 aromatic carbocycles. The number of hydrogen-bond donors (Lipinski definition) is 1. The smallest absolute Gasteiger partial charge is 0.265 e. The van der Waals surface area contributed by atoms with Crippen LogP contribution in [0.4, 0.5) is 5.69 Å². The van der Waals surface area contributed by atoms with E-state index in [0.29, 0.717) is 17.9 Å². The molecule has 12 heteroatoms. The molecule has 244 valence electrons. The van der Waals surface area contributed by atoms with Gasteiger partial charge >= 0.3 is 0 Å². The highest BCUT2D eigenvalue weighted by Crippen LogP contribution is 2.38. The molecule has 1 atom stereocenters. The third-order valence-corrected chi connectivity index (χ3v) is 8.71. The van der Waals surface area contributed by atoms with Crippen LogP contribution >= 0.6 is 0 Å². The van der Waals surface area contributed by atoms with Crippen molar-refractivity contribution in [3.63, 3.8) is 0 Å². The summed E-state index contributed by atoms with van der Waals surface area (Å²) in [5, 5.41) is 2.96. The molecule has 0 saturated heterocycles. The second kappa shape index (κ2) is 15.0. The summed E-state index contributed by atoms with van der Waals surface area (Å²) in [6, 6.07) is 17.2. The molecule has 3 aromatic rings. The number of benzene rings is 3. The quantitative estimate of drug-likeness (QED) is 0.270. The first-order chi connectivity index (χ1) is 21.3. The lowest BCUT2D eigenvalue weighted by atomic mass is 10.1. The largest absolute Gasteiger partial charge is 0.497 e. The minimum absolute atomic E-state index is 0.0758.